The molecule has 0 amide bonds. The van der Waals surface area contributed by atoms with Crippen molar-refractivity contribution < 1.29 is 14.3 Å². The summed E-state index contributed by atoms with van der Waals surface area (Å²) in [7, 11) is 0. The van der Waals surface area contributed by atoms with Gasteiger partial charge in [-0.2, -0.15) is 0 Å². The Morgan fingerprint density at radius 3 is 2.69 bits per heavy atom. The molecular weight excluding hydrogens is 236 g/mol. The van der Waals surface area contributed by atoms with E-state index in [-0.39, 0.29) is 18.6 Å². The number of allylic oxidation sites excluding steroid dienone is 2. The summed E-state index contributed by atoms with van der Waals surface area (Å²) in [5, 5.41) is 0.696. The van der Waals surface area contributed by atoms with Gasteiger partial charge in [-0.3, -0.25) is 0 Å². The molecule has 0 aromatic heterocycles. The minimum absolute atomic E-state index is 0.0269. The predicted molar refractivity (Wildman–Crippen MR) is 53.4 cm³/mol. The first-order valence-corrected chi connectivity index (χ1v) is 5.00. The molecule has 0 fully saturated rings. The Morgan fingerprint density at radius 2 is 2.23 bits per heavy atom. The highest BCUT2D eigenvalue weighted by Crippen LogP contribution is 2.01. The second-order valence-electron chi connectivity index (χ2n) is 2.13. The van der Waals surface area contributed by atoms with Crippen molar-refractivity contribution in [1.29, 1.82) is 0 Å². The first-order chi connectivity index (χ1) is 6.26. The number of carbonyl (C=O) groups is 1. The van der Waals surface area contributed by atoms with Crippen LogP contribution in [0.4, 0.5) is 0 Å². The Balaban J connectivity index is 4.13. The fraction of sp³-hybridized carbons (Fsp3) is 0.444. The average molecular weight is 247 g/mol. The summed E-state index contributed by atoms with van der Waals surface area (Å²) < 4.78 is 4.64. The van der Waals surface area contributed by atoms with E-state index in [1.807, 2.05) is 0 Å². The van der Waals surface area contributed by atoms with E-state index in [9.17, 15) is 9.59 Å². The van der Waals surface area contributed by atoms with Crippen molar-refractivity contribution in [2.24, 2.45) is 0 Å². The zero-order valence-corrected chi connectivity index (χ0v) is 8.96. The van der Waals surface area contributed by atoms with Crippen LogP contribution in [0.5, 0.6) is 0 Å². The van der Waals surface area contributed by atoms with Crippen LogP contribution in [0.15, 0.2) is 17.7 Å². The monoisotopic (exact) mass is 246 g/mol. The number of alkyl halides is 1. The van der Waals surface area contributed by atoms with E-state index in [1.165, 1.54) is 0 Å². The van der Waals surface area contributed by atoms with Crippen molar-refractivity contribution in [3.05, 3.63) is 17.7 Å². The quantitative estimate of drug-likeness (QED) is 0.244. The summed E-state index contributed by atoms with van der Waals surface area (Å²) in [5.74, 6) is 0.985. The van der Waals surface area contributed by atoms with E-state index in [4.69, 9.17) is 0 Å². The second kappa shape index (κ2) is 7.77. The van der Waals surface area contributed by atoms with Gasteiger partial charge < -0.3 is 4.74 Å². The number of esters is 1. The van der Waals surface area contributed by atoms with Crippen molar-refractivity contribution in [2.75, 3.05) is 11.9 Å². The maximum atomic E-state index is 11.0. The minimum atomic E-state index is -0.586. The number of rotatable bonds is 5. The molecule has 13 heavy (non-hydrogen) atoms. The Kier molecular flexibility index (Phi) is 7.26. The zero-order valence-electron chi connectivity index (χ0n) is 7.38. The van der Waals surface area contributed by atoms with Gasteiger partial charge in [0.25, 0.3) is 0 Å². The van der Waals surface area contributed by atoms with Crippen molar-refractivity contribution >= 4 is 27.8 Å². The third-order valence-corrected chi connectivity index (χ3v) is 1.60. The van der Waals surface area contributed by atoms with Gasteiger partial charge in [0.05, 0.1) is 6.61 Å². The average Bonchev–Trinajstić information content (AvgIpc) is 2.13. The van der Waals surface area contributed by atoms with Gasteiger partial charge in [-0.1, -0.05) is 28.1 Å². The molecule has 0 rings (SSSR count). The summed E-state index contributed by atoms with van der Waals surface area (Å²) in [6.45, 7) is 1.96. The fourth-order valence-corrected chi connectivity index (χ4v) is 0.913. The van der Waals surface area contributed by atoms with Crippen molar-refractivity contribution in [2.45, 2.75) is 13.3 Å². The highest BCUT2D eigenvalue weighted by atomic mass is 79.9. The van der Waals surface area contributed by atoms with Crippen LogP contribution >= 0.6 is 15.9 Å². The predicted octanol–water partition coefficient (Wildman–Crippen LogP) is 1.65. The molecule has 0 aromatic carbocycles. The molecule has 3 nitrogen and oxygen atoms in total. The molecule has 0 aliphatic carbocycles. The lowest BCUT2D eigenvalue weighted by Crippen LogP contribution is -2.07. The van der Waals surface area contributed by atoms with Gasteiger partial charge in [-0.05, 0) is 6.92 Å². The number of hydrogen-bond donors (Lipinski definition) is 0. The standard InChI is InChI=1S/C9H11BrO3/c1-2-13-9(12)8(7-11)5-3-4-6-10/h3-4H,2,5-6H2,1H3. The highest BCUT2D eigenvalue weighted by molar-refractivity contribution is 9.09. The SMILES string of the molecule is CCOC(=O)C(=C=O)CC=CCBr. The third-order valence-electron chi connectivity index (χ3n) is 1.22. The Labute approximate surface area is 85.6 Å². The molecule has 4 heteroatoms. The normalized spacial score (nSPS) is 9.69. The van der Waals surface area contributed by atoms with Crippen molar-refractivity contribution in [3.8, 4) is 0 Å². The van der Waals surface area contributed by atoms with Crippen LogP contribution in [-0.4, -0.2) is 23.8 Å². The molecule has 0 aliphatic heterocycles. The maximum Gasteiger partial charge on any atom is 0.345 e. The minimum Gasteiger partial charge on any atom is -0.462 e. The molecule has 0 N–H and O–H groups in total. The van der Waals surface area contributed by atoms with Crippen LogP contribution in [0.1, 0.15) is 13.3 Å². The Hall–Kier alpha value is -0.860. The number of carbonyl (C=O) groups excluding carboxylic acids is 2. The molecule has 0 saturated heterocycles. The molecule has 0 spiro atoms. The lowest BCUT2D eigenvalue weighted by molar-refractivity contribution is -0.138. The highest BCUT2D eigenvalue weighted by Gasteiger charge is 2.09. The molecule has 0 atom stereocenters. The topological polar surface area (TPSA) is 43.4 Å². The summed E-state index contributed by atoms with van der Waals surface area (Å²) in [6.07, 6.45) is 3.79. The maximum absolute atomic E-state index is 11.0. The molecular formula is C9H11BrO3. The van der Waals surface area contributed by atoms with Crippen molar-refractivity contribution in [3.63, 3.8) is 0 Å². The fourth-order valence-electron chi connectivity index (χ4n) is 0.649. The molecule has 0 aliphatic rings. The van der Waals surface area contributed by atoms with Crippen LogP contribution in [0, 0.1) is 0 Å². The Bertz CT molecular complexity index is 239. The van der Waals surface area contributed by atoms with E-state index in [0.29, 0.717) is 5.33 Å². The molecule has 0 unspecified atom stereocenters. The second-order valence-corrected chi connectivity index (χ2v) is 2.78. The van der Waals surface area contributed by atoms with Crippen LogP contribution in [0.25, 0.3) is 0 Å². The van der Waals surface area contributed by atoms with E-state index in [2.05, 4.69) is 20.7 Å². The van der Waals surface area contributed by atoms with Crippen LogP contribution in [0.2, 0.25) is 0 Å². The van der Waals surface area contributed by atoms with Gasteiger partial charge in [0.15, 0.2) is 0 Å². The van der Waals surface area contributed by atoms with Gasteiger partial charge >= 0.3 is 5.97 Å². The van der Waals surface area contributed by atoms with Gasteiger partial charge in [0, 0.05) is 11.8 Å². The van der Waals surface area contributed by atoms with E-state index in [1.54, 1.807) is 25.0 Å². The van der Waals surface area contributed by atoms with Gasteiger partial charge in [-0.25, -0.2) is 9.59 Å². The van der Waals surface area contributed by atoms with E-state index in [0.717, 1.165) is 0 Å². The van der Waals surface area contributed by atoms with Gasteiger partial charge in [-0.15, -0.1) is 0 Å². The van der Waals surface area contributed by atoms with Crippen molar-refractivity contribution in [1.82, 2.24) is 0 Å². The van der Waals surface area contributed by atoms with Crippen LogP contribution < -0.4 is 0 Å². The molecule has 0 bridgehead atoms. The number of hydrogen-bond acceptors (Lipinski definition) is 3. The summed E-state index contributed by atoms with van der Waals surface area (Å²) in [5.41, 5.74) is 0.0269. The van der Waals surface area contributed by atoms with Gasteiger partial charge in [0.1, 0.15) is 11.5 Å². The molecule has 0 heterocycles. The zero-order chi connectivity index (χ0) is 10.1. The molecule has 0 saturated carbocycles. The smallest absolute Gasteiger partial charge is 0.345 e. The summed E-state index contributed by atoms with van der Waals surface area (Å²) in [6, 6.07) is 0. The van der Waals surface area contributed by atoms with E-state index < -0.39 is 5.97 Å². The molecule has 0 aromatic rings. The third kappa shape index (κ3) is 5.39. The van der Waals surface area contributed by atoms with Crippen LogP contribution in [-0.2, 0) is 14.3 Å². The lowest BCUT2D eigenvalue weighted by Gasteiger charge is -1.99. The molecule has 0 radical (unpaired) electrons. The van der Waals surface area contributed by atoms with Gasteiger partial charge in [0.2, 0.25) is 0 Å². The summed E-state index contributed by atoms with van der Waals surface area (Å²) >= 11 is 3.18. The summed E-state index contributed by atoms with van der Waals surface area (Å²) in [4.78, 5) is 21.3. The Morgan fingerprint density at radius 1 is 1.54 bits per heavy atom. The largest absolute Gasteiger partial charge is 0.462 e. The van der Waals surface area contributed by atoms with Crippen LogP contribution in [0.3, 0.4) is 0 Å². The first kappa shape index (κ1) is 12.1. The first-order valence-electron chi connectivity index (χ1n) is 3.88. The number of halogens is 1. The number of ether oxygens (including phenoxy) is 1. The molecule has 72 valence electrons. The van der Waals surface area contributed by atoms with E-state index >= 15 is 0 Å². The lowest BCUT2D eigenvalue weighted by atomic mass is 10.2.